The van der Waals surface area contributed by atoms with Gasteiger partial charge in [0.05, 0.1) is 6.04 Å². The molecule has 6 aromatic carbocycles. The van der Waals surface area contributed by atoms with Gasteiger partial charge in [0.2, 0.25) is 0 Å². The molecule has 1 heterocycles. The molecule has 0 aliphatic heterocycles. The Hall–Kier alpha value is -6.90. The largest absolute Gasteiger partial charge is 0.455 e. The van der Waals surface area contributed by atoms with Gasteiger partial charge >= 0.3 is 0 Å². The third-order valence-electron chi connectivity index (χ3n) is 13.0. The molecular formula is C58H47NO. The van der Waals surface area contributed by atoms with Gasteiger partial charge in [0.1, 0.15) is 11.3 Å². The molecule has 4 aliphatic rings. The second kappa shape index (κ2) is 15.7. The van der Waals surface area contributed by atoms with Gasteiger partial charge in [-0.1, -0.05) is 182 Å². The minimum Gasteiger partial charge on any atom is -0.455 e. The molecule has 0 amide bonds. The van der Waals surface area contributed by atoms with E-state index in [1.807, 2.05) is 0 Å². The Morgan fingerprint density at radius 1 is 0.550 bits per heavy atom. The summed E-state index contributed by atoms with van der Waals surface area (Å²) in [7, 11) is 0. The van der Waals surface area contributed by atoms with Gasteiger partial charge in [-0.15, -0.1) is 0 Å². The lowest BCUT2D eigenvalue weighted by Gasteiger charge is -2.38. The van der Waals surface area contributed by atoms with Gasteiger partial charge in [0, 0.05) is 39.4 Å². The third kappa shape index (κ3) is 6.73. The van der Waals surface area contributed by atoms with Crippen molar-refractivity contribution in [3.8, 4) is 11.1 Å². The van der Waals surface area contributed by atoms with Crippen molar-refractivity contribution >= 4 is 38.5 Å². The van der Waals surface area contributed by atoms with Crippen LogP contribution in [0.1, 0.15) is 71.6 Å². The molecule has 60 heavy (non-hydrogen) atoms. The molecule has 0 saturated carbocycles. The van der Waals surface area contributed by atoms with Crippen molar-refractivity contribution in [1.29, 1.82) is 0 Å². The van der Waals surface area contributed by atoms with Crippen molar-refractivity contribution in [3.63, 3.8) is 0 Å². The van der Waals surface area contributed by atoms with E-state index in [9.17, 15) is 0 Å². The van der Waals surface area contributed by atoms with Crippen LogP contribution in [0.15, 0.2) is 216 Å². The zero-order valence-corrected chi connectivity index (χ0v) is 33.8. The summed E-state index contributed by atoms with van der Waals surface area (Å²) in [5.74, 6) is 1.37. The van der Waals surface area contributed by atoms with E-state index >= 15 is 0 Å². The SMILES string of the molecule is C1=CC(N(C2=CCC(c3cccc4ccccc34)C=C2)C2=CC=C(c3ccccc3)CC2)CC=C1c1cccc(-c2cccc3c4c(oc23)C(c2ccccc2)=CCC4)c1. The lowest BCUT2D eigenvalue weighted by Crippen LogP contribution is -2.33. The minimum atomic E-state index is 0.218. The first-order valence-corrected chi connectivity index (χ1v) is 21.6. The van der Waals surface area contributed by atoms with E-state index in [1.165, 1.54) is 77.7 Å². The molecule has 2 heteroatoms. The number of hydrogen-bond acceptors (Lipinski definition) is 2. The van der Waals surface area contributed by atoms with Gasteiger partial charge < -0.3 is 9.32 Å². The molecule has 0 N–H and O–H groups in total. The molecule has 0 saturated heterocycles. The van der Waals surface area contributed by atoms with Gasteiger partial charge in [-0.25, -0.2) is 0 Å². The molecule has 0 fully saturated rings. The summed E-state index contributed by atoms with van der Waals surface area (Å²) in [6, 6.07) is 52.9. The minimum absolute atomic E-state index is 0.218. The molecule has 7 aromatic rings. The van der Waals surface area contributed by atoms with Gasteiger partial charge in [0.25, 0.3) is 0 Å². The van der Waals surface area contributed by atoms with E-state index < -0.39 is 0 Å². The van der Waals surface area contributed by atoms with Gasteiger partial charge in [0.15, 0.2) is 0 Å². The number of allylic oxidation sites excluding steroid dienone is 10. The number of benzene rings is 6. The summed E-state index contributed by atoms with van der Waals surface area (Å²) in [5, 5.41) is 3.88. The first kappa shape index (κ1) is 36.2. The highest BCUT2D eigenvalue weighted by atomic mass is 16.3. The maximum Gasteiger partial charge on any atom is 0.142 e. The first-order valence-electron chi connectivity index (χ1n) is 21.6. The van der Waals surface area contributed by atoms with E-state index in [2.05, 4.69) is 205 Å². The Morgan fingerprint density at radius 2 is 1.30 bits per heavy atom. The van der Waals surface area contributed by atoms with Gasteiger partial charge in [-0.3, -0.25) is 0 Å². The van der Waals surface area contributed by atoms with Crippen LogP contribution in [0.4, 0.5) is 0 Å². The highest BCUT2D eigenvalue weighted by molar-refractivity contribution is 5.99. The number of hydrogen-bond donors (Lipinski definition) is 0. The van der Waals surface area contributed by atoms with Crippen LogP contribution in [-0.4, -0.2) is 10.9 Å². The molecule has 0 radical (unpaired) electrons. The van der Waals surface area contributed by atoms with Crippen molar-refractivity contribution in [3.05, 3.63) is 245 Å². The van der Waals surface area contributed by atoms with Crippen LogP contribution < -0.4 is 0 Å². The normalized spacial score (nSPS) is 18.6. The Morgan fingerprint density at radius 3 is 2.10 bits per heavy atom. The summed E-state index contributed by atoms with van der Waals surface area (Å²) >= 11 is 0. The smallest absolute Gasteiger partial charge is 0.142 e. The van der Waals surface area contributed by atoms with Crippen molar-refractivity contribution in [2.75, 3.05) is 0 Å². The Bertz CT molecular complexity index is 2980. The number of aryl methyl sites for hydroxylation is 1. The van der Waals surface area contributed by atoms with E-state index in [1.54, 1.807) is 0 Å². The van der Waals surface area contributed by atoms with Crippen LogP contribution in [0.25, 0.3) is 49.6 Å². The van der Waals surface area contributed by atoms with Gasteiger partial charge in [-0.05, 0) is 106 Å². The number of rotatable bonds is 8. The fourth-order valence-corrected chi connectivity index (χ4v) is 9.95. The van der Waals surface area contributed by atoms with E-state index in [4.69, 9.17) is 4.42 Å². The van der Waals surface area contributed by atoms with Crippen molar-refractivity contribution < 1.29 is 4.42 Å². The van der Waals surface area contributed by atoms with Crippen molar-refractivity contribution in [2.24, 2.45) is 0 Å². The molecule has 2 unspecified atom stereocenters. The van der Waals surface area contributed by atoms with Crippen LogP contribution in [-0.2, 0) is 6.42 Å². The second-order valence-electron chi connectivity index (χ2n) is 16.5. The average Bonchev–Trinajstić information content (AvgIpc) is 3.72. The number of para-hydroxylation sites is 1. The number of fused-ring (bicyclic) bond motifs is 4. The monoisotopic (exact) mass is 773 g/mol. The molecule has 2 nitrogen and oxygen atoms in total. The zero-order chi connectivity index (χ0) is 39.8. The zero-order valence-electron chi connectivity index (χ0n) is 33.8. The second-order valence-corrected chi connectivity index (χ2v) is 16.5. The molecule has 4 aliphatic carbocycles. The van der Waals surface area contributed by atoms with Gasteiger partial charge in [-0.2, -0.15) is 0 Å². The molecule has 0 bridgehead atoms. The summed E-state index contributed by atoms with van der Waals surface area (Å²) in [5.41, 5.74) is 16.3. The number of furan rings is 1. The van der Waals surface area contributed by atoms with Crippen LogP contribution in [0.5, 0.6) is 0 Å². The van der Waals surface area contributed by atoms with Crippen LogP contribution in [0.2, 0.25) is 0 Å². The number of nitrogens with zero attached hydrogens (tertiary/aromatic N) is 1. The quantitative estimate of drug-likeness (QED) is 0.153. The fourth-order valence-electron chi connectivity index (χ4n) is 9.95. The lowest BCUT2D eigenvalue weighted by atomic mass is 9.87. The summed E-state index contributed by atoms with van der Waals surface area (Å²) in [4.78, 5) is 2.62. The average molecular weight is 774 g/mol. The van der Waals surface area contributed by atoms with Crippen LogP contribution >= 0.6 is 0 Å². The predicted octanol–water partition coefficient (Wildman–Crippen LogP) is 15.0. The lowest BCUT2D eigenvalue weighted by molar-refractivity contribution is 0.356. The maximum absolute atomic E-state index is 6.84. The van der Waals surface area contributed by atoms with Crippen molar-refractivity contribution in [2.45, 2.75) is 50.5 Å². The van der Waals surface area contributed by atoms with Crippen LogP contribution in [0, 0.1) is 0 Å². The Labute approximate surface area is 353 Å². The first-order chi connectivity index (χ1) is 29.7. The van der Waals surface area contributed by atoms with E-state index in [0.717, 1.165) is 55.4 Å². The standard InChI is InChI=1S/C58H47NO/c1-3-13-40(14-4-1)41-27-33-48(34-28-41)59(50-37-31-45(32-38-50)52-22-10-18-43-17-7-8-21-51(43)52)49-35-29-42(30-36-49)46-19-9-20-47(39-46)54-24-12-26-56-55-25-11-23-53(57(55)60-58(54)56)44-15-5-2-6-16-44/h1-10,12-24,26-27,29-31,33,35,37-39,45,49H,11,25,28,32,34,36H2. The third-order valence-corrected chi connectivity index (χ3v) is 13.0. The summed E-state index contributed by atoms with van der Waals surface area (Å²) in [6.45, 7) is 0. The topological polar surface area (TPSA) is 16.4 Å². The van der Waals surface area contributed by atoms with E-state index in [0.29, 0.717) is 5.92 Å². The predicted molar refractivity (Wildman–Crippen MR) is 251 cm³/mol. The molecular weight excluding hydrogens is 727 g/mol. The molecule has 11 rings (SSSR count). The molecule has 1 aromatic heterocycles. The maximum atomic E-state index is 6.84. The summed E-state index contributed by atoms with van der Waals surface area (Å²) < 4.78 is 6.84. The molecule has 0 spiro atoms. The molecule has 2 atom stereocenters. The fraction of sp³-hybridized carbons (Fsp3) is 0.138. The Balaban J connectivity index is 0.887. The highest BCUT2D eigenvalue weighted by Crippen LogP contribution is 2.43. The van der Waals surface area contributed by atoms with Crippen molar-refractivity contribution in [1.82, 2.24) is 4.90 Å². The van der Waals surface area contributed by atoms with Crippen LogP contribution in [0.3, 0.4) is 0 Å². The highest BCUT2D eigenvalue weighted by Gasteiger charge is 2.27. The van der Waals surface area contributed by atoms with E-state index in [-0.39, 0.29) is 6.04 Å². The molecule has 290 valence electrons. The summed E-state index contributed by atoms with van der Waals surface area (Å²) in [6.07, 6.45) is 27.5. The Kier molecular flexibility index (Phi) is 9.47.